The van der Waals surface area contributed by atoms with Crippen molar-refractivity contribution in [2.45, 2.75) is 13.8 Å². The molecule has 1 aromatic carbocycles. The van der Waals surface area contributed by atoms with Crippen LogP contribution in [-0.4, -0.2) is 20.4 Å². The van der Waals surface area contributed by atoms with Crippen molar-refractivity contribution in [3.05, 3.63) is 41.7 Å². The van der Waals surface area contributed by atoms with Gasteiger partial charge in [0.1, 0.15) is 0 Å². The number of hydrogen-bond acceptors (Lipinski definition) is 3. The second kappa shape index (κ2) is 4.28. The lowest BCUT2D eigenvalue weighted by Gasteiger charge is -2.06. The Morgan fingerprint density at radius 3 is 2.63 bits per heavy atom. The van der Waals surface area contributed by atoms with Gasteiger partial charge in [0.15, 0.2) is 5.82 Å². The minimum atomic E-state index is 0.499. The molecule has 0 aliphatic heterocycles. The molecular formula is C14H15N5. The van der Waals surface area contributed by atoms with Gasteiger partial charge in [-0.25, -0.2) is 0 Å². The zero-order valence-corrected chi connectivity index (χ0v) is 10.9. The van der Waals surface area contributed by atoms with Crippen LogP contribution in [0.2, 0.25) is 0 Å². The molecule has 0 aliphatic rings. The molecule has 0 unspecified atom stereocenters. The van der Waals surface area contributed by atoms with Gasteiger partial charge < -0.3 is 5.73 Å². The lowest BCUT2D eigenvalue weighted by Crippen LogP contribution is -1.90. The number of nitrogens with two attached hydrogens (primary N) is 1. The predicted octanol–water partition coefficient (Wildman–Crippen LogP) is 2.67. The number of nitrogen functional groups attached to an aromatic ring is 1. The van der Waals surface area contributed by atoms with Gasteiger partial charge in [0.2, 0.25) is 0 Å². The summed E-state index contributed by atoms with van der Waals surface area (Å²) in [6.45, 7) is 4.18. The van der Waals surface area contributed by atoms with E-state index in [0.29, 0.717) is 5.82 Å². The van der Waals surface area contributed by atoms with Gasteiger partial charge in [0, 0.05) is 11.8 Å². The number of aromatic nitrogens is 4. The molecule has 0 saturated carbocycles. The van der Waals surface area contributed by atoms with Crippen LogP contribution in [0, 0.1) is 13.8 Å². The number of nitrogens with one attached hydrogen (secondary N) is 2. The van der Waals surface area contributed by atoms with E-state index in [1.165, 1.54) is 11.1 Å². The first kappa shape index (κ1) is 11.5. The summed E-state index contributed by atoms with van der Waals surface area (Å²) in [5, 5.41) is 13.8. The van der Waals surface area contributed by atoms with E-state index in [1.54, 1.807) is 6.20 Å². The first-order valence-corrected chi connectivity index (χ1v) is 6.07. The third kappa shape index (κ3) is 1.89. The Bertz CT molecular complexity index is 710. The Kier molecular flexibility index (Phi) is 2.59. The van der Waals surface area contributed by atoms with Crippen LogP contribution in [-0.2, 0) is 0 Å². The highest BCUT2D eigenvalue weighted by Crippen LogP contribution is 2.34. The second-order valence-corrected chi connectivity index (χ2v) is 4.64. The van der Waals surface area contributed by atoms with Gasteiger partial charge in [-0.2, -0.15) is 10.2 Å². The minimum Gasteiger partial charge on any atom is -0.382 e. The summed E-state index contributed by atoms with van der Waals surface area (Å²) in [4.78, 5) is 0. The van der Waals surface area contributed by atoms with Crippen molar-refractivity contribution in [2.75, 3.05) is 5.73 Å². The van der Waals surface area contributed by atoms with Gasteiger partial charge in [-0.05, 0) is 30.5 Å². The van der Waals surface area contributed by atoms with Gasteiger partial charge in [-0.3, -0.25) is 10.2 Å². The lowest BCUT2D eigenvalue weighted by molar-refractivity contribution is 1.09. The molecule has 0 spiro atoms. The number of rotatable bonds is 2. The second-order valence-electron chi connectivity index (χ2n) is 4.64. The van der Waals surface area contributed by atoms with E-state index in [2.05, 4.69) is 52.4 Å². The van der Waals surface area contributed by atoms with Crippen LogP contribution < -0.4 is 5.73 Å². The predicted molar refractivity (Wildman–Crippen MR) is 75.5 cm³/mol. The van der Waals surface area contributed by atoms with Crippen molar-refractivity contribution >= 4 is 5.82 Å². The molecule has 0 aliphatic carbocycles. The van der Waals surface area contributed by atoms with Crippen LogP contribution in [0.25, 0.3) is 22.4 Å². The molecule has 96 valence electrons. The highest BCUT2D eigenvalue weighted by Gasteiger charge is 2.15. The fraction of sp³-hybridized carbons (Fsp3) is 0.143. The highest BCUT2D eigenvalue weighted by molar-refractivity contribution is 5.87. The number of benzene rings is 1. The van der Waals surface area contributed by atoms with Crippen LogP contribution in [0.1, 0.15) is 11.1 Å². The molecule has 0 amide bonds. The molecule has 4 N–H and O–H groups in total. The third-order valence-electron chi connectivity index (χ3n) is 3.38. The van der Waals surface area contributed by atoms with Crippen LogP contribution in [0.3, 0.4) is 0 Å². The standard InChI is InChI=1S/C14H15N5/c1-8-3-4-10(5-9(8)2)12-13(18-19-14(12)15)11-6-16-17-7-11/h3-7H,1-2H3,(H,16,17)(H3,15,18,19). The Hall–Kier alpha value is -2.56. The largest absolute Gasteiger partial charge is 0.382 e. The van der Waals surface area contributed by atoms with Gasteiger partial charge in [0.05, 0.1) is 17.5 Å². The average Bonchev–Trinajstić information content (AvgIpc) is 3.01. The number of hydrogen-bond donors (Lipinski definition) is 3. The molecule has 5 heteroatoms. The fourth-order valence-corrected chi connectivity index (χ4v) is 2.14. The summed E-state index contributed by atoms with van der Waals surface area (Å²) in [5.41, 5.74) is 12.3. The zero-order chi connectivity index (χ0) is 13.4. The number of H-pyrrole nitrogens is 2. The molecule has 0 atom stereocenters. The van der Waals surface area contributed by atoms with E-state index >= 15 is 0 Å². The third-order valence-corrected chi connectivity index (χ3v) is 3.38. The molecule has 2 heterocycles. The number of aromatic amines is 2. The van der Waals surface area contributed by atoms with Crippen LogP contribution in [0.5, 0.6) is 0 Å². The minimum absolute atomic E-state index is 0.499. The smallest absolute Gasteiger partial charge is 0.153 e. The number of aryl methyl sites for hydroxylation is 2. The monoisotopic (exact) mass is 253 g/mol. The maximum Gasteiger partial charge on any atom is 0.153 e. The maximum atomic E-state index is 5.99. The van der Waals surface area contributed by atoms with E-state index in [0.717, 1.165) is 22.4 Å². The van der Waals surface area contributed by atoms with Crippen molar-refractivity contribution in [3.8, 4) is 22.4 Å². The molecule has 3 rings (SSSR count). The molecule has 0 bridgehead atoms. The molecule has 0 radical (unpaired) electrons. The molecule has 3 aromatic rings. The van der Waals surface area contributed by atoms with Gasteiger partial charge in [-0.1, -0.05) is 18.2 Å². The van der Waals surface area contributed by atoms with Crippen molar-refractivity contribution in [2.24, 2.45) is 0 Å². The fourth-order valence-electron chi connectivity index (χ4n) is 2.14. The normalized spacial score (nSPS) is 10.8. The quantitative estimate of drug-likeness (QED) is 0.656. The van der Waals surface area contributed by atoms with E-state index in [1.807, 2.05) is 6.20 Å². The Labute approximate surface area is 110 Å². The first-order chi connectivity index (χ1) is 9.16. The first-order valence-electron chi connectivity index (χ1n) is 6.07. The topological polar surface area (TPSA) is 83.4 Å². The molecule has 5 nitrogen and oxygen atoms in total. The van der Waals surface area contributed by atoms with Gasteiger partial charge in [-0.15, -0.1) is 0 Å². The van der Waals surface area contributed by atoms with E-state index in [9.17, 15) is 0 Å². The molecular weight excluding hydrogens is 238 g/mol. The number of anilines is 1. The van der Waals surface area contributed by atoms with Crippen molar-refractivity contribution in [3.63, 3.8) is 0 Å². The van der Waals surface area contributed by atoms with Crippen LogP contribution in [0.15, 0.2) is 30.6 Å². The maximum absolute atomic E-state index is 5.99. The Balaban J connectivity index is 2.19. The van der Waals surface area contributed by atoms with Crippen LogP contribution >= 0.6 is 0 Å². The molecule has 0 saturated heterocycles. The number of nitrogens with zero attached hydrogens (tertiary/aromatic N) is 2. The summed E-state index contributed by atoms with van der Waals surface area (Å²) in [6, 6.07) is 6.28. The Morgan fingerprint density at radius 1 is 1.11 bits per heavy atom. The zero-order valence-electron chi connectivity index (χ0n) is 10.9. The SMILES string of the molecule is Cc1ccc(-c2c(N)n[nH]c2-c2cn[nH]c2)cc1C. The van der Waals surface area contributed by atoms with Crippen LogP contribution in [0.4, 0.5) is 5.82 Å². The summed E-state index contributed by atoms with van der Waals surface area (Å²) in [7, 11) is 0. The lowest BCUT2D eigenvalue weighted by atomic mass is 9.98. The summed E-state index contributed by atoms with van der Waals surface area (Å²) < 4.78 is 0. The van der Waals surface area contributed by atoms with Gasteiger partial charge >= 0.3 is 0 Å². The van der Waals surface area contributed by atoms with Gasteiger partial charge in [0.25, 0.3) is 0 Å². The van der Waals surface area contributed by atoms with Crippen molar-refractivity contribution in [1.82, 2.24) is 20.4 Å². The summed E-state index contributed by atoms with van der Waals surface area (Å²) in [6.07, 6.45) is 3.56. The summed E-state index contributed by atoms with van der Waals surface area (Å²) >= 11 is 0. The molecule has 0 fully saturated rings. The molecule has 2 aromatic heterocycles. The van der Waals surface area contributed by atoms with E-state index < -0.39 is 0 Å². The summed E-state index contributed by atoms with van der Waals surface area (Å²) in [5.74, 6) is 0.499. The van der Waals surface area contributed by atoms with Crippen molar-refractivity contribution in [1.29, 1.82) is 0 Å². The van der Waals surface area contributed by atoms with E-state index in [4.69, 9.17) is 5.73 Å². The molecule has 19 heavy (non-hydrogen) atoms. The van der Waals surface area contributed by atoms with Crippen molar-refractivity contribution < 1.29 is 0 Å². The average molecular weight is 253 g/mol. The van der Waals surface area contributed by atoms with E-state index in [-0.39, 0.29) is 0 Å². The Morgan fingerprint density at radius 2 is 1.95 bits per heavy atom. The highest BCUT2D eigenvalue weighted by atomic mass is 15.2.